The van der Waals surface area contributed by atoms with E-state index in [0.29, 0.717) is 11.4 Å². The molecule has 1 aromatic carbocycles. The number of carbonyl (C=O) groups excluding carboxylic acids is 1. The number of ether oxygens (including phenoxy) is 1. The smallest absolute Gasteiger partial charge is 0.446 e. The molecule has 134 valence electrons. The highest BCUT2D eigenvalue weighted by Crippen LogP contribution is 2.38. The average molecular weight is 370 g/mol. The molecule has 1 heterocycles. The van der Waals surface area contributed by atoms with Gasteiger partial charge in [0.25, 0.3) is 5.91 Å². The Bertz CT molecular complexity index is 736. The summed E-state index contributed by atoms with van der Waals surface area (Å²) in [4.78, 5) is 16.3. The van der Waals surface area contributed by atoms with E-state index in [9.17, 15) is 18.0 Å². The van der Waals surface area contributed by atoms with Crippen molar-refractivity contribution in [1.29, 1.82) is 0 Å². The van der Waals surface area contributed by atoms with E-state index < -0.39 is 11.4 Å². The second-order valence-corrected chi connectivity index (χ2v) is 6.47. The topological polar surface area (TPSA) is 51.2 Å². The lowest BCUT2D eigenvalue weighted by atomic mass is 10.2. The van der Waals surface area contributed by atoms with Crippen molar-refractivity contribution in [2.24, 2.45) is 0 Å². The van der Waals surface area contributed by atoms with E-state index >= 15 is 0 Å². The van der Waals surface area contributed by atoms with Gasteiger partial charge < -0.3 is 10.1 Å². The van der Waals surface area contributed by atoms with Crippen molar-refractivity contribution in [3.05, 3.63) is 53.7 Å². The molecule has 0 spiro atoms. The molecule has 0 aliphatic carbocycles. The van der Waals surface area contributed by atoms with E-state index in [0.717, 1.165) is 0 Å². The predicted octanol–water partition coefficient (Wildman–Crippen LogP) is 4.41. The number of benzene rings is 1. The molecule has 0 aliphatic heterocycles. The summed E-state index contributed by atoms with van der Waals surface area (Å²) in [6.07, 6.45) is 1.48. The van der Waals surface area contributed by atoms with Crippen LogP contribution in [0.5, 0.6) is 5.88 Å². The van der Waals surface area contributed by atoms with E-state index in [2.05, 4.69) is 10.3 Å². The van der Waals surface area contributed by atoms with Crippen LogP contribution in [-0.4, -0.2) is 22.5 Å². The van der Waals surface area contributed by atoms with E-state index in [1.54, 1.807) is 18.3 Å². The van der Waals surface area contributed by atoms with Crippen LogP contribution in [-0.2, 0) is 6.54 Å². The second-order valence-electron chi connectivity index (χ2n) is 5.36. The first-order valence-electron chi connectivity index (χ1n) is 7.50. The van der Waals surface area contributed by atoms with E-state index in [4.69, 9.17) is 4.74 Å². The van der Waals surface area contributed by atoms with Crippen LogP contribution >= 0.6 is 11.8 Å². The third kappa shape index (κ3) is 5.97. The Balaban J connectivity index is 2.12. The molecular weight excluding hydrogens is 353 g/mol. The number of nitrogens with one attached hydrogen (secondary N) is 1. The van der Waals surface area contributed by atoms with Crippen LogP contribution in [0.3, 0.4) is 0 Å². The lowest BCUT2D eigenvalue weighted by Crippen LogP contribution is -2.24. The van der Waals surface area contributed by atoms with Gasteiger partial charge in [0.15, 0.2) is 0 Å². The summed E-state index contributed by atoms with van der Waals surface area (Å²) < 4.78 is 43.4. The minimum Gasteiger partial charge on any atom is -0.475 e. The average Bonchev–Trinajstić information content (AvgIpc) is 2.52. The van der Waals surface area contributed by atoms with Gasteiger partial charge in [0.05, 0.1) is 11.7 Å². The first-order valence-corrected chi connectivity index (χ1v) is 8.31. The number of carbonyl (C=O) groups is 1. The molecule has 1 aromatic heterocycles. The maximum Gasteiger partial charge on any atom is 0.446 e. The minimum atomic E-state index is -4.46. The van der Waals surface area contributed by atoms with Gasteiger partial charge in [0.1, 0.15) is 0 Å². The zero-order valence-corrected chi connectivity index (χ0v) is 14.4. The van der Waals surface area contributed by atoms with Gasteiger partial charge in [-0.25, -0.2) is 4.98 Å². The van der Waals surface area contributed by atoms with Crippen molar-refractivity contribution >= 4 is 17.7 Å². The molecule has 0 bridgehead atoms. The molecule has 0 radical (unpaired) electrons. The number of rotatable bonds is 6. The van der Waals surface area contributed by atoms with Crippen molar-refractivity contribution in [3.63, 3.8) is 0 Å². The molecule has 2 aromatic rings. The van der Waals surface area contributed by atoms with Crippen molar-refractivity contribution in [3.8, 4) is 5.88 Å². The van der Waals surface area contributed by atoms with E-state index in [1.807, 2.05) is 13.8 Å². The van der Waals surface area contributed by atoms with E-state index in [1.165, 1.54) is 24.3 Å². The Kier molecular flexibility index (Phi) is 6.30. The normalized spacial score (nSPS) is 11.4. The molecule has 0 saturated carbocycles. The molecule has 1 N–H and O–H groups in total. The van der Waals surface area contributed by atoms with Gasteiger partial charge in [-0.3, -0.25) is 4.79 Å². The van der Waals surface area contributed by atoms with Crippen LogP contribution in [0.15, 0.2) is 47.5 Å². The highest BCUT2D eigenvalue weighted by Gasteiger charge is 2.31. The van der Waals surface area contributed by atoms with Crippen LogP contribution in [0.2, 0.25) is 0 Å². The van der Waals surface area contributed by atoms with E-state index in [-0.39, 0.29) is 34.9 Å². The quantitative estimate of drug-likeness (QED) is 0.766. The van der Waals surface area contributed by atoms with Gasteiger partial charge >= 0.3 is 5.51 Å². The molecule has 1 amide bonds. The van der Waals surface area contributed by atoms with Crippen LogP contribution in [0.1, 0.15) is 29.8 Å². The Labute approximate surface area is 147 Å². The Hall–Kier alpha value is -2.22. The lowest BCUT2D eigenvalue weighted by Gasteiger charge is -2.14. The minimum absolute atomic E-state index is 0.0277. The number of alkyl halides is 3. The van der Waals surface area contributed by atoms with Crippen molar-refractivity contribution in [2.45, 2.75) is 36.9 Å². The maximum absolute atomic E-state index is 12.6. The number of aromatic nitrogens is 1. The molecule has 2 rings (SSSR count). The zero-order valence-electron chi connectivity index (χ0n) is 13.6. The molecular formula is C17H17F3N2O2S. The van der Waals surface area contributed by atoms with Crippen molar-refractivity contribution in [1.82, 2.24) is 10.3 Å². The highest BCUT2D eigenvalue weighted by atomic mass is 32.2. The van der Waals surface area contributed by atoms with Crippen LogP contribution in [0.25, 0.3) is 0 Å². The fourth-order valence-electron chi connectivity index (χ4n) is 2.03. The summed E-state index contributed by atoms with van der Waals surface area (Å²) >= 11 is -0.309. The van der Waals surface area contributed by atoms with Gasteiger partial charge in [-0.1, -0.05) is 18.2 Å². The number of pyridine rings is 1. The number of hydrogen-bond acceptors (Lipinski definition) is 4. The summed E-state index contributed by atoms with van der Waals surface area (Å²) in [6.45, 7) is 3.79. The first-order chi connectivity index (χ1) is 11.8. The number of nitrogens with zero attached hydrogens (tertiary/aromatic N) is 1. The van der Waals surface area contributed by atoms with Gasteiger partial charge in [0.2, 0.25) is 5.88 Å². The molecule has 0 fully saturated rings. The summed E-state index contributed by atoms with van der Waals surface area (Å²) in [6, 6.07) is 9.04. The Morgan fingerprint density at radius 2 is 1.96 bits per heavy atom. The standard InChI is InChI=1S/C17H17F3N2O2S/c1-11(2)24-16-12(6-5-9-21-16)10-22-15(23)13-7-3-4-8-14(13)25-17(18,19)20/h3-9,11H,10H2,1-2H3,(H,22,23). The molecule has 0 saturated heterocycles. The summed E-state index contributed by atoms with van der Waals surface area (Å²) in [7, 11) is 0. The molecule has 4 nitrogen and oxygen atoms in total. The van der Waals surface area contributed by atoms with Gasteiger partial charge in [0, 0.05) is 23.2 Å². The van der Waals surface area contributed by atoms with Gasteiger partial charge in [-0.15, -0.1) is 0 Å². The number of halogens is 3. The summed E-state index contributed by atoms with van der Waals surface area (Å²) in [5, 5.41) is 2.62. The first kappa shape index (κ1) is 19.1. The number of hydrogen-bond donors (Lipinski definition) is 1. The largest absolute Gasteiger partial charge is 0.475 e. The third-order valence-electron chi connectivity index (χ3n) is 2.99. The molecule has 8 heteroatoms. The fourth-order valence-corrected chi connectivity index (χ4v) is 2.69. The molecule has 0 unspecified atom stereocenters. The zero-order chi connectivity index (χ0) is 18.4. The Morgan fingerprint density at radius 3 is 2.64 bits per heavy atom. The lowest BCUT2D eigenvalue weighted by molar-refractivity contribution is -0.0328. The van der Waals surface area contributed by atoms with Crippen LogP contribution < -0.4 is 10.1 Å². The van der Waals surface area contributed by atoms with Gasteiger partial charge in [-0.2, -0.15) is 13.2 Å². The van der Waals surface area contributed by atoms with Crippen molar-refractivity contribution in [2.75, 3.05) is 0 Å². The number of amides is 1. The van der Waals surface area contributed by atoms with Gasteiger partial charge in [-0.05, 0) is 43.8 Å². The maximum atomic E-state index is 12.6. The SMILES string of the molecule is CC(C)Oc1ncccc1CNC(=O)c1ccccc1SC(F)(F)F. The molecule has 0 atom stereocenters. The van der Waals surface area contributed by atoms with Crippen LogP contribution in [0, 0.1) is 0 Å². The third-order valence-corrected chi connectivity index (χ3v) is 3.80. The summed E-state index contributed by atoms with van der Waals surface area (Å²) in [5.41, 5.74) is -3.84. The Morgan fingerprint density at radius 1 is 1.24 bits per heavy atom. The monoisotopic (exact) mass is 370 g/mol. The summed E-state index contributed by atoms with van der Waals surface area (Å²) in [5.74, 6) is -0.206. The molecule has 0 aliphatic rings. The molecule has 25 heavy (non-hydrogen) atoms. The second kappa shape index (κ2) is 8.24. The van der Waals surface area contributed by atoms with Crippen LogP contribution in [0.4, 0.5) is 13.2 Å². The fraction of sp³-hybridized carbons (Fsp3) is 0.294. The number of thioether (sulfide) groups is 1. The van der Waals surface area contributed by atoms with Crippen molar-refractivity contribution < 1.29 is 22.7 Å². The predicted molar refractivity (Wildman–Crippen MR) is 89.5 cm³/mol. The highest BCUT2D eigenvalue weighted by molar-refractivity contribution is 8.00.